The summed E-state index contributed by atoms with van der Waals surface area (Å²) in [5, 5.41) is 31.9. The van der Waals surface area contributed by atoms with Crippen LogP contribution in [0.5, 0.6) is 5.75 Å². The Bertz CT molecular complexity index is 480. The minimum Gasteiger partial charge on any atom is -0.505 e. The fourth-order valence-electron chi connectivity index (χ4n) is 1.41. The number of halogens is 2. The number of rotatable bonds is 5. The van der Waals surface area contributed by atoms with Crippen molar-refractivity contribution in [3.63, 3.8) is 0 Å². The molecule has 1 rings (SSSR count). The predicted octanol–water partition coefficient (Wildman–Crippen LogP) is 2.28. The van der Waals surface area contributed by atoms with Gasteiger partial charge < -0.3 is 15.3 Å². The Balaban J connectivity index is 2.89. The van der Waals surface area contributed by atoms with Crippen molar-refractivity contribution in [1.29, 1.82) is 0 Å². The van der Waals surface area contributed by atoms with E-state index in [0.29, 0.717) is 0 Å². The zero-order valence-electron chi connectivity index (χ0n) is 9.16. The van der Waals surface area contributed by atoms with E-state index in [2.05, 4.69) is 10.0 Å². The quantitative estimate of drug-likeness (QED) is 0.435. The van der Waals surface area contributed by atoms with Crippen LogP contribution >= 0.6 is 11.6 Å². The molecule has 0 amide bonds. The standard InChI is InChI=1S/C10H11ClFN3O3/c11-5-3-6(9(17)7(12)4-5)10(18)8(16)1-2-14-15-13/h3-4,8,10,16-18H,1-2H2. The normalized spacial score (nSPS) is 13.8. The third kappa shape index (κ3) is 3.48. The molecule has 0 fully saturated rings. The van der Waals surface area contributed by atoms with Gasteiger partial charge in [0.05, 0.1) is 6.10 Å². The Hall–Kier alpha value is -1.53. The van der Waals surface area contributed by atoms with Crippen LogP contribution < -0.4 is 0 Å². The molecule has 0 spiro atoms. The third-order valence-electron chi connectivity index (χ3n) is 2.33. The number of aliphatic hydroxyl groups excluding tert-OH is 2. The molecule has 1 aromatic carbocycles. The van der Waals surface area contributed by atoms with Crippen molar-refractivity contribution in [2.24, 2.45) is 5.11 Å². The number of nitrogens with zero attached hydrogens (tertiary/aromatic N) is 3. The maximum absolute atomic E-state index is 13.2. The molecule has 2 atom stereocenters. The maximum atomic E-state index is 13.2. The molecular weight excluding hydrogens is 265 g/mol. The van der Waals surface area contributed by atoms with Crippen molar-refractivity contribution in [1.82, 2.24) is 0 Å². The number of hydrogen-bond acceptors (Lipinski definition) is 4. The molecule has 0 bridgehead atoms. The molecule has 0 aliphatic heterocycles. The number of azide groups is 1. The first-order valence-corrected chi connectivity index (χ1v) is 5.40. The highest BCUT2D eigenvalue weighted by atomic mass is 35.5. The molecule has 0 radical (unpaired) electrons. The van der Waals surface area contributed by atoms with E-state index < -0.39 is 23.8 Å². The lowest BCUT2D eigenvalue weighted by Gasteiger charge is -2.18. The van der Waals surface area contributed by atoms with Crippen LogP contribution in [0, 0.1) is 5.82 Å². The van der Waals surface area contributed by atoms with Gasteiger partial charge in [-0.15, -0.1) is 0 Å². The molecule has 8 heteroatoms. The Morgan fingerprint density at radius 1 is 1.44 bits per heavy atom. The van der Waals surface area contributed by atoms with Gasteiger partial charge in [-0.05, 0) is 24.1 Å². The van der Waals surface area contributed by atoms with Gasteiger partial charge in [0.1, 0.15) is 6.10 Å². The third-order valence-corrected chi connectivity index (χ3v) is 2.55. The van der Waals surface area contributed by atoms with Crippen LogP contribution in [-0.2, 0) is 0 Å². The predicted molar refractivity (Wildman–Crippen MR) is 62.7 cm³/mol. The van der Waals surface area contributed by atoms with E-state index >= 15 is 0 Å². The highest BCUT2D eigenvalue weighted by Gasteiger charge is 2.23. The van der Waals surface area contributed by atoms with E-state index in [-0.39, 0.29) is 23.6 Å². The summed E-state index contributed by atoms with van der Waals surface area (Å²) in [6.45, 7) is -0.0292. The summed E-state index contributed by atoms with van der Waals surface area (Å²) in [6.07, 6.45) is -2.86. The summed E-state index contributed by atoms with van der Waals surface area (Å²) in [7, 11) is 0. The van der Waals surface area contributed by atoms with Crippen molar-refractivity contribution < 1.29 is 19.7 Å². The van der Waals surface area contributed by atoms with Gasteiger partial charge in [0.25, 0.3) is 0 Å². The fraction of sp³-hybridized carbons (Fsp3) is 0.400. The summed E-state index contributed by atoms with van der Waals surface area (Å²) in [4.78, 5) is 2.49. The number of benzene rings is 1. The van der Waals surface area contributed by atoms with Crippen LogP contribution in [0.25, 0.3) is 10.4 Å². The van der Waals surface area contributed by atoms with Gasteiger partial charge in [-0.25, -0.2) is 4.39 Å². The van der Waals surface area contributed by atoms with Gasteiger partial charge in [-0.1, -0.05) is 16.7 Å². The van der Waals surface area contributed by atoms with Crippen LogP contribution in [0.1, 0.15) is 18.1 Å². The van der Waals surface area contributed by atoms with Gasteiger partial charge in [0, 0.05) is 22.0 Å². The maximum Gasteiger partial charge on any atom is 0.166 e. The van der Waals surface area contributed by atoms with Crippen LogP contribution in [0.3, 0.4) is 0 Å². The average molecular weight is 276 g/mol. The molecule has 0 saturated carbocycles. The summed E-state index contributed by atoms with van der Waals surface area (Å²) in [5.74, 6) is -1.76. The molecule has 0 aliphatic rings. The largest absolute Gasteiger partial charge is 0.505 e. The monoisotopic (exact) mass is 275 g/mol. The summed E-state index contributed by atoms with van der Waals surface area (Å²) in [5.41, 5.74) is 7.84. The first-order chi connectivity index (χ1) is 8.47. The second-order valence-electron chi connectivity index (χ2n) is 3.58. The Labute approximate surface area is 107 Å². The van der Waals surface area contributed by atoms with E-state index in [1.165, 1.54) is 0 Å². The topological polar surface area (TPSA) is 109 Å². The highest BCUT2D eigenvalue weighted by Crippen LogP contribution is 2.32. The first kappa shape index (κ1) is 14.5. The Morgan fingerprint density at radius 2 is 2.11 bits per heavy atom. The Morgan fingerprint density at radius 3 is 2.72 bits per heavy atom. The first-order valence-electron chi connectivity index (χ1n) is 5.02. The van der Waals surface area contributed by atoms with Crippen molar-refractivity contribution in [3.05, 3.63) is 39.0 Å². The molecule has 3 N–H and O–H groups in total. The second-order valence-corrected chi connectivity index (χ2v) is 4.02. The van der Waals surface area contributed by atoms with Crippen molar-refractivity contribution in [2.45, 2.75) is 18.6 Å². The van der Waals surface area contributed by atoms with Crippen LogP contribution in [-0.4, -0.2) is 28.0 Å². The summed E-state index contributed by atoms with van der Waals surface area (Å²) < 4.78 is 13.2. The lowest BCUT2D eigenvalue weighted by Crippen LogP contribution is -2.19. The molecule has 6 nitrogen and oxygen atoms in total. The van der Waals surface area contributed by atoms with Gasteiger partial charge in [0.2, 0.25) is 0 Å². The zero-order valence-corrected chi connectivity index (χ0v) is 9.92. The molecule has 1 aromatic rings. The van der Waals surface area contributed by atoms with Crippen LogP contribution in [0.2, 0.25) is 5.02 Å². The smallest absolute Gasteiger partial charge is 0.166 e. The molecule has 0 saturated heterocycles. The van der Waals surface area contributed by atoms with Gasteiger partial charge in [-0.3, -0.25) is 0 Å². The number of aromatic hydroxyl groups is 1. The molecule has 0 heterocycles. The minimum atomic E-state index is -1.52. The van der Waals surface area contributed by atoms with Gasteiger partial charge in [-0.2, -0.15) is 0 Å². The number of phenols is 1. The van der Waals surface area contributed by atoms with E-state index in [9.17, 15) is 19.7 Å². The van der Waals surface area contributed by atoms with Crippen molar-refractivity contribution in [2.75, 3.05) is 6.54 Å². The highest BCUT2D eigenvalue weighted by molar-refractivity contribution is 6.30. The lowest BCUT2D eigenvalue weighted by atomic mass is 10.0. The molecule has 98 valence electrons. The summed E-state index contributed by atoms with van der Waals surface area (Å²) in [6, 6.07) is 2.04. The second kappa shape index (κ2) is 6.42. The lowest BCUT2D eigenvalue weighted by molar-refractivity contribution is 0.0135. The SMILES string of the molecule is [N-]=[N+]=NCCC(O)C(O)c1cc(Cl)cc(F)c1O. The van der Waals surface area contributed by atoms with Crippen LogP contribution in [0.15, 0.2) is 17.2 Å². The van der Waals surface area contributed by atoms with E-state index in [1.54, 1.807) is 0 Å². The average Bonchev–Trinajstić information content (AvgIpc) is 2.33. The van der Waals surface area contributed by atoms with Crippen LogP contribution in [0.4, 0.5) is 4.39 Å². The molecule has 0 aromatic heterocycles. The fourth-order valence-corrected chi connectivity index (χ4v) is 1.62. The molecular formula is C10H11ClFN3O3. The van der Waals surface area contributed by atoms with E-state index in [4.69, 9.17) is 17.1 Å². The van der Waals surface area contributed by atoms with Gasteiger partial charge >= 0.3 is 0 Å². The molecule has 0 aliphatic carbocycles. The number of aliphatic hydroxyl groups is 2. The Kier molecular flexibility index (Phi) is 5.18. The zero-order chi connectivity index (χ0) is 13.7. The number of hydrogen-bond donors (Lipinski definition) is 3. The summed E-state index contributed by atoms with van der Waals surface area (Å²) >= 11 is 5.59. The number of phenolic OH excluding ortho intramolecular Hbond substituents is 1. The van der Waals surface area contributed by atoms with E-state index in [0.717, 1.165) is 12.1 Å². The van der Waals surface area contributed by atoms with Crippen molar-refractivity contribution in [3.8, 4) is 5.75 Å². The molecule has 2 unspecified atom stereocenters. The van der Waals surface area contributed by atoms with Crippen molar-refractivity contribution >= 4 is 11.6 Å². The van der Waals surface area contributed by atoms with E-state index in [1.807, 2.05) is 0 Å². The van der Waals surface area contributed by atoms with Gasteiger partial charge in [0.15, 0.2) is 11.6 Å². The molecule has 18 heavy (non-hydrogen) atoms. The minimum absolute atomic E-state index is 0.0124.